The van der Waals surface area contributed by atoms with Crippen LogP contribution in [0.3, 0.4) is 0 Å². The molecule has 0 saturated carbocycles. The number of rotatable bonds is 4. The van der Waals surface area contributed by atoms with Gasteiger partial charge in [-0.25, -0.2) is 4.39 Å². The van der Waals surface area contributed by atoms with Gasteiger partial charge in [-0.1, -0.05) is 6.07 Å². The van der Waals surface area contributed by atoms with Crippen LogP contribution < -0.4 is 4.90 Å². The van der Waals surface area contributed by atoms with E-state index in [1.54, 1.807) is 19.2 Å². The zero-order valence-electron chi connectivity index (χ0n) is 14.0. The van der Waals surface area contributed by atoms with Gasteiger partial charge in [0.1, 0.15) is 5.82 Å². The molecule has 2 aliphatic rings. The molecule has 128 valence electrons. The summed E-state index contributed by atoms with van der Waals surface area (Å²) in [4.78, 5) is 16.3. The van der Waals surface area contributed by atoms with Gasteiger partial charge in [0.05, 0.1) is 11.6 Å². The normalized spacial score (nSPS) is 22.1. The number of methoxy groups -OCH3 is 1. The number of hydrogen-bond acceptors (Lipinski definition) is 3. The number of piperidine rings is 1. The molecule has 1 aromatic rings. The summed E-state index contributed by atoms with van der Waals surface area (Å²) in [6, 6.07) is 6.69. The van der Waals surface area contributed by atoms with Crippen molar-refractivity contribution in [2.24, 2.45) is 0 Å². The number of benzene rings is 1. The lowest BCUT2D eigenvalue weighted by Crippen LogP contribution is -2.74. The van der Waals surface area contributed by atoms with E-state index in [2.05, 4.69) is 10.8 Å². The molecule has 0 N–H and O–H groups in total. The summed E-state index contributed by atoms with van der Waals surface area (Å²) in [6.45, 7) is 2.13. The zero-order valence-corrected chi connectivity index (χ0v) is 14.0. The molecule has 0 bridgehead atoms. The van der Waals surface area contributed by atoms with Gasteiger partial charge in [0.15, 0.2) is 0 Å². The second-order valence-electron chi connectivity index (χ2n) is 6.50. The maximum absolute atomic E-state index is 13.6. The first-order valence-electron chi connectivity index (χ1n) is 8.38. The molecule has 1 unspecified atom stereocenters. The number of ether oxygens (including phenoxy) is 1. The van der Waals surface area contributed by atoms with Crippen LogP contribution in [0.1, 0.15) is 25.7 Å². The van der Waals surface area contributed by atoms with Crippen LogP contribution in [0.4, 0.5) is 10.1 Å². The summed E-state index contributed by atoms with van der Waals surface area (Å²) in [7, 11) is 1.72. The molecule has 24 heavy (non-hydrogen) atoms. The van der Waals surface area contributed by atoms with Crippen molar-refractivity contribution in [3.63, 3.8) is 0 Å². The lowest BCUT2D eigenvalue weighted by atomic mass is 9.73. The first kappa shape index (κ1) is 16.8. The Morgan fingerprint density at radius 1 is 1.46 bits per heavy atom. The standard InChI is InChI=1S/C19H23FN2O2/c1-3-4-8-18(23)21-11-9-19(10-12-21)17(24-2)14-22(19)16-7-5-6-15(20)13-16/h1,5-7,13,17H,4,8-12,14H2,2H3. The predicted molar refractivity (Wildman–Crippen MR) is 91.2 cm³/mol. The lowest BCUT2D eigenvalue weighted by molar-refractivity contribution is -0.134. The number of hydrogen-bond donors (Lipinski definition) is 0. The van der Waals surface area contributed by atoms with Crippen molar-refractivity contribution in [2.75, 3.05) is 31.6 Å². The molecule has 1 spiro atoms. The fourth-order valence-corrected chi connectivity index (χ4v) is 3.95. The van der Waals surface area contributed by atoms with Gasteiger partial charge < -0.3 is 14.5 Å². The van der Waals surface area contributed by atoms with E-state index in [1.807, 2.05) is 11.0 Å². The monoisotopic (exact) mass is 330 g/mol. The highest BCUT2D eigenvalue weighted by molar-refractivity contribution is 5.76. The van der Waals surface area contributed by atoms with Crippen LogP contribution in [-0.2, 0) is 9.53 Å². The van der Waals surface area contributed by atoms with Crippen molar-refractivity contribution >= 4 is 11.6 Å². The molecule has 2 fully saturated rings. The van der Waals surface area contributed by atoms with E-state index in [0.717, 1.165) is 25.1 Å². The van der Waals surface area contributed by atoms with Crippen LogP contribution in [0.2, 0.25) is 0 Å². The van der Waals surface area contributed by atoms with Gasteiger partial charge >= 0.3 is 0 Å². The minimum absolute atomic E-state index is 0.115. The summed E-state index contributed by atoms with van der Waals surface area (Å²) >= 11 is 0. The van der Waals surface area contributed by atoms with E-state index in [4.69, 9.17) is 11.2 Å². The maximum Gasteiger partial charge on any atom is 0.223 e. The van der Waals surface area contributed by atoms with E-state index in [9.17, 15) is 9.18 Å². The summed E-state index contributed by atoms with van der Waals surface area (Å²) in [6.07, 6.45) is 7.89. The zero-order chi connectivity index (χ0) is 17.2. The molecule has 2 heterocycles. The number of nitrogens with zero attached hydrogens (tertiary/aromatic N) is 2. The first-order chi connectivity index (χ1) is 11.6. The summed E-state index contributed by atoms with van der Waals surface area (Å²) in [5.74, 6) is 2.40. The van der Waals surface area contributed by atoms with Crippen molar-refractivity contribution in [3.8, 4) is 12.3 Å². The van der Waals surface area contributed by atoms with E-state index in [-0.39, 0.29) is 23.4 Å². The lowest BCUT2D eigenvalue weighted by Gasteiger charge is -2.61. The van der Waals surface area contributed by atoms with Crippen LogP contribution in [-0.4, -0.2) is 49.2 Å². The maximum atomic E-state index is 13.6. The number of amides is 1. The Morgan fingerprint density at radius 3 is 2.83 bits per heavy atom. The fourth-order valence-electron chi connectivity index (χ4n) is 3.95. The van der Waals surface area contributed by atoms with E-state index < -0.39 is 0 Å². The van der Waals surface area contributed by atoms with E-state index in [1.165, 1.54) is 6.07 Å². The van der Waals surface area contributed by atoms with E-state index >= 15 is 0 Å². The summed E-state index contributed by atoms with van der Waals surface area (Å²) in [5.41, 5.74) is 0.737. The summed E-state index contributed by atoms with van der Waals surface area (Å²) < 4.78 is 19.2. The molecule has 1 aromatic carbocycles. The Labute approximate surface area is 142 Å². The molecule has 1 atom stereocenters. The molecule has 0 aliphatic carbocycles. The van der Waals surface area contributed by atoms with Crippen LogP contribution in [0.25, 0.3) is 0 Å². The quantitative estimate of drug-likeness (QED) is 0.795. The average molecular weight is 330 g/mol. The van der Waals surface area contributed by atoms with Gasteiger partial charge in [0.2, 0.25) is 5.91 Å². The predicted octanol–water partition coefficient (Wildman–Crippen LogP) is 2.44. The van der Waals surface area contributed by atoms with E-state index in [0.29, 0.717) is 25.9 Å². The van der Waals surface area contributed by atoms with Gasteiger partial charge in [-0.3, -0.25) is 4.79 Å². The third kappa shape index (κ3) is 2.87. The number of anilines is 1. The number of carbonyl (C=O) groups is 1. The SMILES string of the molecule is C#CCCC(=O)N1CCC2(CC1)C(OC)CN2c1cccc(F)c1. The number of likely N-dealkylation sites (tertiary alicyclic amines) is 1. The van der Waals surface area contributed by atoms with Crippen LogP contribution in [0.15, 0.2) is 24.3 Å². The molecule has 4 nitrogen and oxygen atoms in total. The van der Waals surface area contributed by atoms with Crippen LogP contribution in [0, 0.1) is 18.2 Å². The van der Waals surface area contributed by atoms with Crippen molar-refractivity contribution < 1.29 is 13.9 Å². The number of carbonyl (C=O) groups excluding carboxylic acids is 1. The summed E-state index contributed by atoms with van der Waals surface area (Å²) in [5, 5.41) is 0. The Kier molecular flexibility index (Phi) is 4.77. The second-order valence-corrected chi connectivity index (χ2v) is 6.50. The molecule has 1 amide bonds. The molecular formula is C19H23FN2O2. The third-order valence-corrected chi connectivity index (χ3v) is 5.35. The smallest absolute Gasteiger partial charge is 0.223 e. The fraction of sp³-hybridized carbons (Fsp3) is 0.526. The largest absolute Gasteiger partial charge is 0.377 e. The highest BCUT2D eigenvalue weighted by atomic mass is 19.1. The van der Waals surface area contributed by atoms with Crippen molar-refractivity contribution in [2.45, 2.75) is 37.3 Å². The highest BCUT2D eigenvalue weighted by Crippen LogP contribution is 2.44. The minimum atomic E-state index is -0.231. The van der Waals surface area contributed by atoms with Crippen LogP contribution in [0.5, 0.6) is 0 Å². The topological polar surface area (TPSA) is 32.8 Å². The van der Waals surface area contributed by atoms with Crippen molar-refractivity contribution in [1.29, 1.82) is 0 Å². The second kappa shape index (κ2) is 6.82. The molecule has 5 heteroatoms. The van der Waals surface area contributed by atoms with Gasteiger partial charge in [-0.15, -0.1) is 12.3 Å². The first-order valence-corrected chi connectivity index (χ1v) is 8.38. The highest BCUT2D eigenvalue weighted by Gasteiger charge is 2.55. The number of terminal acetylenes is 1. The van der Waals surface area contributed by atoms with Crippen molar-refractivity contribution in [1.82, 2.24) is 4.90 Å². The molecule has 3 rings (SSSR count). The molecule has 2 aliphatic heterocycles. The minimum Gasteiger partial charge on any atom is -0.377 e. The van der Waals surface area contributed by atoms with Crippen molar-refractivity contribution in [3.05, 3.63) is 30.1 Å². The molecule has 2 saturated heterocycles. The number of halogens is 1. The Morgan fingerprint density at radius 2 is 2.21 bits per heavy atom. The van der Waals surface area contributed by atoms with Gasteiger partial charge in [0.25, 0.3) is 0 Å². The molecule has 0 aromatic heterocycles. The Hall–Kier alpha value is -2.06. The van der Waals surface area contributed by atoms with Crippen LogP contribution >= 0.6 is 0 Å². The third-order valence-electron chi connectivity index (χ3n) is 5.35. The van der Waals surface area contributed by atoms with Gasteiger partial charge in [0, 0.05) is 45.3 Å². The van der Waals surface area contributed by atoms with Gasteiger partial charge in [-0.2, -0.15) is 0 Å². The Bertz CT molecular complexity index is 647. The molecule has 0 radical (unpaired) electrons. The van der Waals surface area contributed by atoms with Gasteiger partial charge in [-0.05, 0) is 31.0 Å². The Balaban J connectivity index is 1.71. The molecular weight excluding hydrogens is 307 g/mol. The average Bonchev–Trinajstić information content (AvgIpc) is 2.59.